The Morgan fingerprint density at radius 2 is 1.90 bits per heavy atom. The molecule has 3 aromatic rings. The van der Waals surface area contributed by atoms with E-state index in [1.54, 1.807) is 10.9 Å². The molecule has 0 fully saturated rings. The van der Waals surface area contributed by atoms with Gasteiger partial charge in [-0.05, 0) is 49.1 Å². The number of hydrogen-bond acceptors (Lipinski definition) is 5. The third-order valence-electron chi connectivity index (χ3n) is 4.89. The number of carbonyl (C=O) groups is 2. The number of esters is 1. The topological polar surface area (TPSA) is 86.1 Å². The lowest BCUT2D eigenvalue weighted by molar-refractivity contribution is -0.144. The van der Waals surface area contributed by atoms with E-state index in [0.29, 0.717) is 12.2 Å². The molecule has 2 aromatic carbocycles. The lowest BCUT2D eigenvalue weighted by Gasteiger charge is -2.15. The van der Waals surface area contributed by atoms with Crippen LogP contribution in [0.25, 0.3) is 6.08 Å². The van der Waals surface area contributed by atoms with Crippen LogP contribution in [0.4, 0.5) is 0 Å². The van der Waals surface area contributed by atoms with Gasteiger partial charge in [0, 0.05) is 6.08 Å². The van der Waals surface area contributed by atoms with Crippen molar-refractivity contribution >= 4 is 18.0 Å². The SMILES string of the molecule is Cc1ccc([C@H](C)NC(=O)COC(=O)/C=C/c2cn(Cc3ccccc3)nn2)cc1C. The van der Waals surface area contributed by atoms with E-state index in [1.165, 1.54) is 17.7 Å². The van der Waals surface area contributed by atoms with Crippen molar-refractivity contribution in [3.05, 3.63) is 88.8 Å². The van der Waals surface area contributed by atoms with Crippen LogP contribution in [-0.2, 0) is 20.9 Å². The van der Waals surface area contributed by atoms with Crippen molar-refractivity contribution in [3.63, 3.8) is 0 Å². The van der Waals surface area contributed by atoms with Gasteiger partial charge in [0.25, 0.3) is 5.91 Å². The number of ether oxygens (including phenoxy) is 1. The molecule has 1 aromatic heterocycles. The minimum absolute atomic E-state index is 0.180. The van der Waals surface area contributed by atoms with Crippen LogP contribution >= 0.6 is 0 Å². The van der Waals surface area contributed by atoms with Gasteiger partial charge in [-0.3, -0.25) is 4.79 Å². The van der Waals surface area contributed by atoms with E-state index in [0.717, 1.165) is 16.7 Å². The lowest BCUT2D eigenvalue weighted by Crippen LogP contribution is -2.31. The van der Waals surface area contributed by atoms with Crippen molar-refractivity contribution in [1.82, 2.24) is 20.3 Å². The van der Waals surface area contributed by atoms with Gasteiger partial charge in [-0.15, -0.1) is 5.10 Å². The summed E-state index contributed by atoms with van der Waals surface area (Å²) in [6.45, 7) is 6.20. The molecule has 0 radical (unpaired) electrons. The minimum Gasteiger partial charge on any atom is -0.452 e. The first-order valence-corrected chi connectivity index (χ1v) is 10.1. The van der Waals surface area contributed by atoms with Crippen LogP contribution in [-0.4, -0.2) is 33.5 Å². The van der Waals surface area contributed by atoms with E-state index < -0.39 is 5.97 Å². The van der Waals surface area contributed by atoms with Crippen molar-refractivity contribution in [2.45, 2.75) is 33.4 Å². The molecule has 1 heterocycles. The summed E-state index contributed by atoms with van der Waals surface area (Å²) < 4.78 is 6.70. The van der Waals surface area contributed by atoms with Gasteiger partial charge in [0.2, 0.25) is 0 Å². The Labute approximate surface area is 181 Å². The summed E-state index contributed by atoms with van der Waals surface area (Å²) in [5, 5.41) is 10.9. The van der Waals surface area contributed by atoms with E-state index in [4.69, 9.17) is 4.74 Å². The maximum atomic E-state index is 12.1. The van der Waals surface area contributed by atoms with Gasteiger partial charge in [-0.25, -0.2) is 9.48 Å². The molecule has 7 nitrogen and oxygen atoms in total. The first kappa shape index (κ1) is 22.0. The molecule has 1 atom stereocenters. The molecule has 1 amide bonds. The van der Waals surface area contributed by atoms with Gasteiger partial charge in [-0.2, -0.15) is 0 Å². The third kappa shape index (κ3) is 6.64. The number of carbonyl (C=O) groups excluding carboxylic acids is 2. The Bertz CT molecular complexity index is 1070. The van der Waals surface area contributed by atoms with Gasteiger partial charge in [0.1, 0.15) is 5.69 Å². The third-order valence-corrected chi connectivity index (χ3v) is 4.89. The second-order valence-electron chi connectivity index (χ2n) is 7.40. The number of aromatic nitrogens is 3. The molecule has 1 N–H and O–H groups in total. The molecule has 0 aliphatic rings. The maximum absolute atomic E-state index is 12.1. The van der Waals surface area contributed by atoms with Gasteiger partial charge >= 0.3 is 5.97 Å². The standard InChI is InChI=1S/C24H26N4O3/c1-17-9-10-21(13-18(17)2)19(3)25-23(29)16-31-24(30)12-11-22-15-28(27-26-22)14-20-7-5-4-6-8-20/h4-13,15,19H,14,16H2,1-3H3,(H,25,29)/b12-11+/t19-/m0/s1. The molecule has 0 aliphatic carbocycles. The van der Waals surface area contributed by atoms with Gasteiger partial charge in [0.15, 0.2) is 6.61 Å². The molecular formula is C24H26N4O3. The number of nitrogens with zero attached hydrogens (tertiary/aromatic N) is 3. The molecular weight excluding hydrogens is 392 g/mol. The summed E-state index contributed by atoms with van der Waals surface area (Å²) in [4.78, 5) is 24.0. The number of hydrogen-bond donors (Lipinski definition) is 1. The Hall–Kier alpha value is -3.74. The molecule has 160 valence electrons. The Kier molecular flexibility index (Phi) is 7.32. The zero-order valence-electron chi connectivity index (χ0n) is 17.9. The highest BCUT2D eigenvalue weighted by molar-refractivity contribution is 5.89. The van der Waals surface area contributed by atoms with Crippen molar-refractivity contribution in [3.8, 4) is 0 Å². The second-order valence-corrected chi connectivity index (χ2v) is 7.40. The predicted octanol–water partition coefficient (Wildman–Crippen LogP) is 3.38. The molecule has 0 saturated heterocycles. The van der Waals surface area contributed by atoms with Crippen LogP contribution in [0.1, 0.15) is 40.9 Å². The largest absolute Gasteiger partial charge is 0.452 e. The lowest BCUT2D eigenvalue weighted by atomic mass is 10.0. The molecule has 3 rings (SSSR count). The monoisotopic (exact) mass is 418 g/mol. The van der Waals surface area contributed by atoms with E-state index in [2.05, 4.69) is 15.6 Å². The van der Waals surface area contributed by atoms with Crippen LogP contribution in [0.5, 0.6) is 0 Å². The number of nitrogens with one attached hydrogen (secondary N) is 1. The highest BCUT2D eigenvalue weighted by Gasteiger charge is 2.12. The first-order valence-electron chi connectivity index (χ1n) is 10.1. The van der Waals surface area contributed by atoms with Crippen molar-refractivity contribution in [2.75, 3.05) is 6.61 Å². The van der Waals surface area contributed by atoms with Gasteiger partial charge < -0.3 is 10.1 Å². The van der Waals surface area contributed by atoms with E-state index in [9.17, 15) is 9.59 Å². The summed E-state index contributed by atoms with van der Waals surface area (Å²) in [6.07, 6.45) is 4.47. The predicted molar refractivity (Wildman–Crippen MR) is 118 cm³/mol. The molecule has 7 heteroatoms. The van der Waals surface area contributed by atoms with Crippen molar-refractivity contribution in [2.24, 2.45) is 0 Å². The fraction of sp³-hybridized carbons (Fsp3) is 0.250. The van der Waals surface area contributed by atoms with Crippen molar-refractivity contribution in [1.29, 1.82) is 0 Å². The smallest absolute Gasteiger partial charge is 0.331 e. The average molecular weight is 418 g/mol. The highest BCUT2D eigenvalue weighted by Crippen LogP contribution is 2.16. The number of benzene rings is 2. The minimum atomic E-state index is -0.619. The Balaban J connectivity index is 1.44. The zero-order valence-corrected chi connectivity index (χ0v) is 17.9. The summed E-state index contributed by atoms with van der Waals surface area (Å²) in [5.41, 5.74) is 4.99. The van der Waals surface area contributed by atoms with Crippen molar-refractivity contribution < 1.29 is 14.3 Å². The average Bonchev–Trinajstić information content (AvgIpc) is 3.20. The summed E-state index contributed by atoms with van der Waals surface area (Å²) in [5.74, 6) is -0.979. The number of aryl methyl sites for hydroxylation is 2. The Morgan fingerprint density at radius 3 is 2.65 bits per heavy atom. The van der Waals surface area contributed by atoms with Crippen LogP contribution in [0.15, 0.2) is 60.8 Å². The van der Waals surface area contributed by atoms with Crippen LogP contribution in [0.2, 0.25) is 0 Å². The van der Waals surface area contributed by atoms with Crippen LogP contribution < -0.4 is 5.32 Å². The molecule has 0 spiro atoms. The zero-order chi connectivity index (χ0) is 22.2. The van der Waals surface area contributed by atoms with E-state index >= 15 is 0 Å². The fourth-order valence-corrected chi connectivity index (χ4v) is 2.98. The first-order chi connectivity index (χ1) is 14.9. The maximum Gasteiger partial charge on any atom is 0.331 e. The highest BCUT2D eigenvalue weighted by atomic mass is 16.5. The molecule has 0 unspecified atom stereocenters. The normalized spacial score (nSPS) is 12.0. The van der Waals surface area contributed by atoms with Crippen LogP contribution in [0, 0.1) is 13.8 Å². The molecule has 31 heavy (non-hydrogen) atoms. The van der Waals surface area contributed by atoms with E-state index in [-0.39, 0.29) is 18.6 Å². The van der Waals surface area contributed by atoms with Gasteiger partial charge in [-0.1, -0.05) is 53.7 Å². The summed E-state index contributed by atoms with van der Waals surface area (Å²) >= 11 is 0. The second kappa shape index (κ2) is 10.3. The summed E-state index contributed by atoms with van der Waals surface area (Å²) in [6, 6.07) is 15.7. The Morgan fingerprint density at radius 1 is 1.13 bits per heavy atom. The quantitative estimate of drug-likeness (QED) is 0.448. The number of rotatable bonds is 8. The molecule has 0 saturated carbocycles. The van der Waals surface area contributed by atoms with E-state index in [1.807, 2.05) is 69.3 Å². The molecule has 0 bridgehead atoms. The van der Waals surface area contributed by atoms with Crippen LogP contribution in [0.3, 0.4) is 0 Å². The molecule has 0 aliphatic heterocycles. The fourth-order valence-electron chi connectivity index (χ4n) is 2.98. The number of amides is 1. The van der Waals surface area contributed by atoms with Gasteiger partial charge in [0.05, 0.1) is 18.8 Å². The summed E-state index contributed by atoms with van der Waals surface area (Å²) in [7, 11) is 0.